The fourth-order valence-corrected chi connectivity index (χ4v) is 2.03. The van der Waals surface area contributed by atoms with Gasteiger partial charge in [-0.15, -0.1) is 0 Å². The Kier molecular flexibility index (Phi) is 5.57. The molecule has 2 aromatic carbocycles. The summed E-state index contributed by atoms with van der Waals surface area (Å²) in [5.41, 5.74) is 0.614. The molecule has 0 saturated heterocycles. The molecule has 0 aliphatic rings. The largest absolute Gasteiger partial charge is 0.497 e. The first-order chi connectivity index (χ1) is 11.5. The van der Waals surface area contributed by atoms with E-state index in [4.69, 9.17) is 9.47 Å². The van der Waals surface area contributed by atoms with Gasteiger partial charge >= 0.3 is 5.97 Å². The van der Waals surface area contributed by atoms with E-state index in [1.54, 1.807) is 48.5 Å². The Bertz CT molecular complexity index is 768. The average molecular weight is 327 g/mol. The molecule has 2 N–H and O–H groups in total. The lowest BCUT2D eigenvalue weighted by molar-refractivity contribution is -0.132. The molecule has 2 aromatic rings. The molecule has 0 saturated carbocycles. The molecule has 2 rings (SSSR count). The zero-order valence-corrected chi connectivity index (χ0v) is 13.3. The third-order valence-electron chi connectivity index (χ3n) is 3.26. The van der Waals surface area contributed by atoms with Crippen molar-refractivity contribution in [2.24, 2.45) is 0 Å². The molecule has 0 aromatic heterocycles. The molecule has 6 nitrogen and oxygen atoms in total. The van der Waals surface area contributed by atoms with Gasteiger partial charge < -0.3 is 19.9 Å². The number of rotatable bonds is 6. The lowest BCUT2D eigenvalue weighted by Crippen LogP contribution is -2.27. The molecule has 0 bridgehead atoms. The van der Waals surface area contributed by atoms with Crippen molar-refractivity contribution >= 4 is 18.0 Å². The first-order valence-electron chi connectivity index (χ1n) is 7.08. The van der Waals surface area contributed by atoms with E-state index in [9.17, 15) is 14.7 Å². The number of carbonyl (C=O) groups is 2. The molecule has 124 valence electrons. The van der Waals surface area contributed by atoms with Crippen LogP contribution in [0.25, 0.3) is 6.08 Å². The molecule has 0 fully saturated rings. The quantitative estimate of drug-likeness (QED) is 0.797. The Morgan fingerprint density at radius 2 is 1.75 bits per heavy atom. The van der Waals surface area contributed by atoms with Crippen molar-refractivity contribution in [3.05, 3.63) is 65.4 Å². The van der Waals surface area contributed by atoms with Crippen LogP contribution in [0.3, 0.4) is 0 Å². The summed E-state index contributed by atoms with van der Waals surface area (Å²) in [6.45, 7) is 0. The monoisotopic (exact) mass is 327 g/mol. The van der Waals surface area contributed by atoms with Crippen LogP contribution in [-0.4, -0.2) is 31.2 Å². The van der Waals surface area contributed by atoms with E-state index in [0.29, 0.717) is 22.6 Å². The number of hydrogen-bond acceptors (Lipinski definition) is 4. The van der Waals surface area contributed by atoms with Gasteiger partial charge in [0.2, 0.25) is 0 Å². The smallest absolute Gasteiger partial charge is 0.352 e. The van der Waals surface area contributed by atoms with Crippen LogP contribution >= 0.6 is 0 Å². The average Bonchev–Trinajstić information content (AvgIpc) is 2.61. The molecule has 0 atom stereocenters. The van der Waals surface area contributed by atoms with E-state index in [0.717, 1.165) is 0 Å². The van der Waals surface area contributed by atoms with E-state index in [1.807, 2.05) is 0 Å². The standard InChI is InChI=1S/C18H17NO5/c1-23-14-9-8-13(16(11-14)24-2)10-15(18(21)22)19-17(20)12-6-4-3-5-7-12/h3-11H,1-2H3,(H,19,20)(H,21,22)/b15-10-. The highest BCUT2D eigenvalue weighted by molar-refractivity contribution is 6.02. The maximum absolute atomic E-state index is 12.1. The van der Waals surface area contributed by atoms with E-state index < -0.39 is 11.9 Å². The lowest BCUT2D eigenvalue weighted by atomic mass is 10.1. The van der Waals surface area contributed by atoms with Gasteiger partial charge in [-0.05, 0) is 30.3 Å². The van der Waals surface area contributed by atoms with Crippen LogP contribution < -0.4 is 14.8 Å². The Balaban J connectivity index is 2.32. The number of ether oxygens (including phenoxy) is 2. The molecule has 6 heteroatoms. The number of benzene rings is 2. The SMILES string of the molecule is COc1ccc(/C=C(\NC(=O)c2ccccc2)C(=O)O)c(OC)c1. The summed E-state index contributed by atoms with van der Waals surface area (Å²) in [4.78, 5) is 23.6. The minimum Gasteiger partial charge on any atom is -0.497 e. The normalized spacial score (nSPS) is 10.8. The van der Waals surface area contributed by atoms with Gasteiger partial charge in [0.25, 0.3) is 5.91 Å². The number of carboxylic acids is 1. The van der Waals surface area contributed by atoms with Gasteiger partial charge in [-0.2, -0.15) is 0 Å². The number of hydrogen-bond donors (Lipinski definition) is 2. The molecule has 0 aliphatic heterocycles. The Labute approximate surface area is 139 Å². The second-order valence-electron chi connectivity index (χ2n) is 4.79. The number of carbonyl (C=O) groups excluding carboxylic acids is 1. The van der Waals surface area contributed by atoms with Crippen LogP contribution in [0.4, 0.5) is 0 Å². The van der Waals surface area contributed by atoms with Gasteiger partial charge in [-0.1, -0.05) is 18.2 Å². The summed E-state index contributed by atoms with van der Waals surface area (Å²) in [6.07, 6.45) is 1.33. The highest BCUT2D eigenvalue weighted by Crippen LogP contribution is 2.26. The Morgan fingerprint density at radius 1 is 1.04 bits per heavy atom. The third-order valence-corrected chi connectivity index (χ3v) is 3.26. The summed E-state index contributed by atoms with van der Waals surface area (Å²) < 4.78 is 10.3. The molecule has 1 amide bonds. The van der Waals surface area contributed by atoms with Crippen molar-refractivity contribution in [1.29, 1.82) is 0 Å². The predicted octanol–water partition coefficient (Wildman–Crippen LogP) is 2.56. The topological polar surface area (TPSA) is 84.9 Å². The zero-order chi connectivity index (χ0) is 17.5. The van der Waals surface area contributed by atoms with Gasteiger partial charge in [0.15, 0.2) is 0 Å². The second kappa shape index (κ2) is 7.82. The number of amides is 1. The molecular formula is C18H17NO5. The maximum Gasteiger partial charge on any atom is 0.352 e. The minimum absolute atomic E-state index is 0.257. The zero-order valence-electron chi connectivity index (χ0n) is 13.3. The highest BCUT2D eigenvalue weighted by Gasteiger charge is 2.14. The van der Waals surface area contributed by atoms with E-state index in [-0.39, 0.29) is 5.70 Å². The lowest BCUT2D eigenvalue weighted by Gasteiger charge is -2.10. The fourth-order valence-electron chi connectivity index (χ4n) is 2.03. The summed E-state index contributed by atoms with van der Waals surface area (Å²) in [7, 11) is 2.99. The van der Waals surface area contributed by atoms with Crippen molar-refractivity contribution in [1.82, 2.24) is 5.32 Å². The molecule has 0 heterocycles. The summed E-state index contributed by atoms with van der Waals surface area (Å²) >= 11 is 0. The second-order valence-corrected chi connectivity index (χ2v) is 4.79. The maximum atomic E-state index is 12.1. The van der Waals surface area contributed by atoms with Crippen LogP contribution in [0.5, 0.6) is 11.5 Å². The number of carboxylic acid groups (broad SMARTS) is 1. The summed E-state index contributed by atoms with van der Waals surface area (Å²) in [5.74, 6) is -0.745. The third kappa shape index (κ3) is 4.13. The first kappa shape index (κ1) is 17.1. The predicted molar refractivity (Wildman–Crippen MR) is 89.1 cm³/mol. The van der Waals surface area contributed by atoms with E-state index in [1.165, 1.54) is 20.3 Å². The van der Waals surface area contributed by atoms with Gasteiger partial charge in [0.1, 0.15) is 17.2 Å². The van der Waals surface area contributed by atoms with Gasteiger partial charge in [0, 0.05) is 17.2 Å². The molecule has 0 spiro atoms. The molecule has 0 radical (unpaired) electrons. The van der Waals surface area contributed by atoms with Gasteiger partial charge in [-0.3, -0.25) is 4.79 Å². The number of aliphatic carboxylic acids is 1. The van der Waals surface area contributed by atoms with Crippen LogP contribution in [0.2, 0.25) is 0 Å². The molecule has 0 aliphatic carbocycles. The molecule has 24 heavy (non-hydrogen) atoms. The van der Waals surface area contributed by atoms with Crippen molar-refractivity contribution in [2.45, 2.75) is 0 Å². The summed E-state index contributed by atoms with van der Waals surface area (Å²) in [5, 5.41) is 11.7. The number of nitrogens with one attached hydrogen (secondary N) is 1. The van der Waals surface area contributed by atoms with Crippen LogP contribution in [-0.2, 0) is 4.79 Å². The minimum atomic E-state index is -1.25. The van der Waals surface area contributed by atoms with Gasteiger partial charge in [-0.25, -0.2) is 4.79 Å². The van der Waals surface area contributed by atoms with Gasteiger partial charge in [0.05, 0.1) is 14.2 Å². The Hall–Kier alpha value is -3.28. The van der Waals surface area contributed by atoms with E-state index in [2.05, 4.69) is 5.32 Å². The Morgan fingerprint density at radius 3 is 2.33 bits per heavy atom. The van der Waals surface area contributed by atoms with Crippen molar-refractivity contribution in [2.75, 3.05) is 14.2 Å². The van der Waals surface area contributed by atoms with Crippen LogP contribution in [0.15, 0.2) is 54.2 Å². The first-order valence-corrected chi connectivity index (χ1v) is 7.08. The van der Waals surface area contributed by atoms with Crippen LogP contribution in [0.1, 0.15) is 15.9 Å². The molecular weight excluding hydrogens is 310 g/mol. The van der Waals surface area contributed by atoms with Crippen molar-refractivity contribution in [3.8, 4) is 11.5 Å². The number of methoxy groups -OCH3 is 2. The van der Waals surface area contributed by atoms with Crippen molar-refractivity contribution in [3.63, 3.8) is 0 Å². The van der Waals surface area contributed by atoms with Crippen LogP contribution in [0, 0.1) is 0 Å². The van der Waals surface area contributed by atoms with E-state index >= 15 is 0 Å². The summed E-state index contributed by atoms with van der Waals surface area (Å²) in [6, 6.07) is 13.3. The highest BCUT2D eigenvalue weighted by atomic mass is 16.5. The molecule has 0 unspecified atom stereocenters. The van der Waals surface area contributed by atoms with Crippen molar-refractivity contribution < 1.29 is 24.2 Å². The fraction of sp³-hybridized carbons (Fsp3) is 0.111.